The quantitative estimate of drug-likeness (QED) is 0.819. The molecule has 0 spiro atoms. The molecule has 1 N–H and O–H groups in total. The maximum Gasteiger partial charge on any atom is 0.294 e. The minimum absolute atomic E-state index is 0.251. The van der Waals surface area contributed by atoms with Gasteiger partial charge in [0, 0.05) is 11.3 Å². The summed E-state index contributed by atoms with van der Waals surface area (Å²) in [5.74, 6) is -0.251. The Balaban J connectivity index is 2.44. The van der Waals surface area contributed by atoms with E-state index in [1.165, 1.54) is 12.1 Å². The zero-order chi connectivity index (χ0) is 10.8. The lowest BCUT2D eigenvalue weighted by atomic mass is 10.1. The molecule has 4 heteroatoms. The molecule has 0 radical (unpaired) electrons. The van der Waals surface area contributed by atoms with Crippen LogP contribution in [-0.2, 0) is 0 Å². The van der Waals surface area contributed by atoms with Gasteiger partial charge in [-0.15, -0.1) is 0 Å². The predicted octanol–water partition coefficient (Wildman–Crippen LogP) is 2.53. The van der Waals surface area contributed by atoms with Crippen LogP contribution in [0.2, 0.25) is 0 Å². The first-order chi connectivity index (χ1) is 7.20. The van der Waals surface area contributed by atoms with Crippen LogP contribution in [0.5, 0.6) is 6.01 Å². The van der Waals surface area contributed by atoms with Gasteiger partial charge < -0.3 is 9.72 Å². The SMILES string of the molecule is COc1nc(-c2ccc(F)cc2)c(C)[nH]1. The molecular formula is C11H11FN2O. The molecule has 78 valence electrons. The van der Waals surface area contributed by atoms with E-state index in [1.54, 1.807) is 19.2 Å². The molecule has 15 heavy (non-hydrogen) atoms. The van der Waals surface area contributed by atoms with Gasteiger partial charge in [0.05, 0.1) is 12.8 Å². The second-order valence-corrected chi connectivity index (χ2v) is 3.23. The first-order valence-corrected chi connectivity index (χ1v) is 4.57. The highest BCUT2D eigenvalue weighted by Gasteiger charge is 2.08. The van der Waals surface area contributed by atoms with E-state index in [9.17, 15) is 4.39 Å². The van der Waals surface area contributed by atoms with Crippen molar-refractivity contribution in [1.82, 2.24) is 9.97 Å². The Kier molecular flexibility index (Phi) is 2.41. The molecule has 2 aromatic rings. The molecular weight excluding hydrogens is 195 g/mol. The summed E-state index contributed by atoms with van der Waals surface area (Å²) in [5, 5.41) is 0. The molecule has 0 unspecified atom stereocenters. The summed E-state index contributed by atoms with van der Waals surface area (Å²) in [6.07, 6.45) is 0. The van der Waals surface area contributed by atoms with Crippen LogP contribution in [0, 0.1) is 12.7 Å². The normalized spacial score (nSPS) is 10.3. The second-order valence-electron chi connectivity index (χ2n) is 3.23. The van der Waals surface area contributed by atoms with Crippen molar-refractivity contribution in [2.45, 2.75) is 6.92 Å². The first kappa shape index (κ1) is 9.71. The molecule has 1 heterocycles. The third kappa shape index (κ3) is 1.83. The molecule has 0 fully saturated rings. The van der Waals surface area contributed by atoms with Crippen LogP contribution in [0.4, 0.5) is 4.39 Å². The minimum Gasteiger partial charge on any atom is -0.468 e. The number of nitrogens with one attached hydrogen (secondary N) is 1. The molecule has 2 rings (SSSR count). The van der Waals surface area contributed by atoms with Crippen molar-refractivity contribution in [2.75, 3.05) is 7.11 Å². The average Bonchev–Trinajstić information content (AvgIpc) is 2.61. The van der Waals surface area contributed by atoms with E-state index in [0.29, 0.717) is 6.01 Å². The van der Waals surface area contributed by atoms with Crippen molar-refractivity contribution in [3.05, 3.63) is 35.8 Å². The number of ether oxygens (including phenoxy) is 1. The number of hydrogen-bond donors (Lipinski definition) is 1. The van der Waals surface area contributed by atoms with Gasteiger partial charge in [-0.1, -0.05) is 0 Å². The van der Waals surface area contributed by atoms with Crippen LogP contribution in [0.15, 0.2) is 24.3 Å². The summed E-state index contributed by atoms with van der Waals surface area (Å²) in [4.78, 5) is 7.21. The number of benzene rings is 1. The fraction of sp³-hybridized carbons (Fsp3) is 0.182. The molecule has 1 aromatic carbocycles. The number of methoxy groups -OCH3 is 1. The Bertz CT molecular complexity index is 462. The zero-order valence-corrected chi connectivity index (χ0v) is 8.54. The van der Waals surface area contributed by atoms with Gasteiger partial charge in [-0.25, -0.2) is 4.39 Å². The molecule has 0 saturated heterocycles. The number of aromatic amines is 1. The third-order valence-corrected chi connectivity index (χ3v) is 2.17. The number of H-pyrrole nitrogens is 1. The molecule has 0 amide bonds. The molecule has 0 atom stereocenters. The number of nitrogens with zero attached hydrogens (tertiary/aromatic N) is 1. The van der Waals surface area contributed by atoms with Gasteiger partial charge in [0.2, 0.25) is 0 Å². The monoisotopic (exact) mass is 206 g/mol. The molecule has 0 aliphatic carbocycles. The number of aromatic nitrogens is 2. The molecule has 1 aromatic heterocycles. The standard InChI is InChI=1S/C11H11FN2O/c1-7-10(14-11(13-7)15-2)8-3-5-9(12)6-4-8/h3-6H,1-2H3,(H,13,14). The van der Waals surface area contributed by atoms with Crippen LogP contribution >= 0.6 is 0 Å². The van der Waals surface area contributed by atoms with Crippen LogP contribution < -0.4 is 4.74 Å². The summed E-state index contributed by atoms with van der Waals surface area (Å²) in [7, 11) is 1.55. The highest BCUT2D eigenvalue weighted by molar-refractivity contribution is 5.62. The predicted molar refractivity (Wildman–Crippen MR) is 55.3 cm³/mol. The van der Waals surface area contributed by atoms with Gasteiger partial charge in [0.25, 0.3) is 6.01 Å². The lowest BCUT2D eigenvalue weighted by Crippen LogP contribution is -1.84. The summed E-state index contributed by atoms with van der Waals surface area (Å²) in [6.45, 7) is 1.90. The molecule has 0 saturated carbocycles. The maximum absolute atomic E-state index is 12.7. The van der Waals surface area contributed by atoms with E-state index in [2.05, 4.69) is 9.97 Å². The smallest absolute Gasteiger partial charge is 0.294 e. The van der Waals surface area contributed by atoms with Crippen molar-refractivity contribution in [1.29, 1.82) is 0 Å². The number of halogens is 1. The first-order valence-electron chi connectivity index (χ1n) is 4.57. The highest BCUT2D eigenvalue weighted by Crippen LogP contribution is 2.23. The molecule has 0 aliphatic rings. The maximum atomic E-state index is 12.7. The van der Waals surface area contributed by atoms with Gasteiger partial charge >= 0.3 is 0 Å². The molecule has 3 nitrogen and oxygen atoms in total. The summed E-state index contributed by atoms with van der Waals surface area (Å²) >= 11 is 0. The largest absolute Gasteiger partial charge is 0.468 e. The molecule has 0 aliphatic heterocycles. The van der Waals surface area contributed by atoms with E-state index >= 15 is 0 Å². The van der Waals surface area contributed by atoms with Crippen molar-refractivity contribution < 1.29 is 9.13 Å². The van der Waals surface area contributed by atoms with E-state index in [1.807, 2.05) is 6.92 Å². The van der Waals surface area contributed by atoms with Gasteiger partial charge in [0.15, 0.2) is 0 Å². The van der Waals surface area contributed by atoms with Crippen molar-refractivity contribution in [3.63, 3.8) is 0 Å². The number of aryl methyl sites for hydroxylation is 1. The lowest BCUT2D eigenvalue weighted by molar-refractivity contribution is 0.384. The zero-order valence-electron chi connectivity index (χ0n) is 8.54. The number of rotatable bonds is 2. The molecule has 0 bridgehead atoms. The van der Waals surface area contributed by atoms with Crippen LogP contribution in [0.1, 0.15) is 5.69 Å². The topological polar surface area (TPSA) is 37.9 Å². The third-order valence-electron chi connectivity index (χ3n) is 2.17. The van der Waals surface area contributed by atoms with Crippen molar-refractivity contribution in [2.24, 2.45) is 0 Å². The van der Waals surface area contributed by atoms with Crippen LogP contribution in [0.3, 0.4) is 0 Å². The second kappa shape index (κ2) is 3.73. The Morgan fingerprint density at radius 1 is 1.27 bits per heavy atom. The highest BCUT2D eigenvalue weighted by atomic mass is 19.1. The Morgan fingerprint density at radius 3 is 2.47 bits per heavy atom. The van der Waals surface area contributed by atoms with Gasteiger partial charge in [-0.3, -0.25) is 0 Å². The summed E-state index contributed by atoms with van der Waals surface area (Å²) < 4.78 is 17.7. The summed E-state index contributed by atoms with van der Waals surface area (Å²) in [6, 6.07) is 6.67. The summed E-state index contributed by atoms with van der Waals surface area (Å²) in [5.41, 5.74) is 2.55. The van der Waals surface area contributed by atoms with Crippen LogP contribution in [0.25, 0.3) is 11.3 Å². The van der Waals surface area contributed by atoms with E-state index in [4.69, 9.17) is 4.74 Å². The number of hydrogen-bond acceptors (Lipinski definition) is 2. The average molecular weight is 206 g/mol. The fourth-order valence-electron chi connectivity index (χ4n) is 1.42. The van der Waals surface area contributed by atoms with E-state index in [0.717, 1.165) is 17.0 Å². The minimum atomic E-state index is -0.251. The van der Waals surface area contributed by atoms with Gasteiger partial charge in [0.1, 0.15) is 5.82 Å². The number of imidazole rings is 1. The van der Waals surface area contributed by atoms with Crippen molar-refractivity contribution in [3.8, 4) is 17.3 Å². The van der Waals surface area contributed by atoms with Gasteiger partial charge in [-0.05, 0) is 31.2 Å². The Morgan fingerprint density at radius 2 is 1.93 bits per heavy atom. The fourth-order valence-corrected chi connectivity index (χ4v) is 1.42. The van der Waals surface area contributed by atoms with Crippen molar-refractivity contribution >= 4 is 0 Å². The van der Waals surface area contributed by atoms with E-state index in [-0.39, 0.29) is 5.82 Å². The van der Waals surface area contributed by atoms with Gasteiger partial charge in [-0.2, -0.15) is 4.98 Å². The van der Waals surface area contributed by atoms with E-state index < -0.39 is 0 Å². The Labute approximate surface area is 86.9 Å². The van der Waals surface area contributed by atoms with Crippen LogP contribution in [-0.4, -0.2) is 17.1 Å². The lowest BCUT2D eigenvalue weighted by Gasteiger charge is -1.97. The Hall–Kier alpha value is -1.84.